The Hall–Kier alpha value is -3.49. The number of carbonyl (C=O) groups excluding carboxylic acids is 1. The van der Waals surface area contributed by atoms with Gasteiger partial charge in [-0.2, -0.15) is 0 Å². The van der Waals surface area contributed by atoms with E-state index in [-0.39, 0.29) is 17.3 Å². The molecule has 0 spiro atoms. The normalized spacial score (nSPS) is 18.7. The summed E-state index contributed by atoms with van der Waals surface area (Å²) in [4.78, 5) is 22.6. The topological polar surface area (TPSA) is 103 Å². The molecular formula is C25H23N3O4S. The Kier molecular flexibility index (Phi) is 5.26. The molecule has 1 aliphatic rings. The minimum atomic E-state index is -3.37. The van der Waals surface area contributed by atoms with Crippen molar-refractivity contribution in [2.24, 2.45) is 0 Å². The highest BCUT2D eigenvalue weighted by atomic mass is 32.2. The predicted octanol–water partition coefficient (Wildman–Crippen LogP) is 3.58. The van der Waals surface area contributed by atoms with Crippen LogP contribution >= 0.6 is 0 Å². The van der Waals surface area contributed by atoms with Gasteiger partial charge < -0.3 is 15.0 Å². The number of β-amino-alcohol motifs (C(OH)–C–C–N with tert-alkyl or cyclic N) is 1. The Balaban J connectivity index is 1.44. The highest BCUT2D eigenvalue weighted by Crippen LogP contribution is 2.35. The lowest BCUT2D eigenvalue weighted by atomic mass is 10.0. The Morgan fingerprint density at radius 3 is 2.67 bits per heavy atom. The predicted molar refractivity (Wildman–Crippen MR) is 125 cm³/mol. The van der Waals surface area contributed by atoms with Crippen molar-refractivity contribution in [3.63, 3.8) is 0 Å². The molecule has 1 amide bonds. The summed E-state index contributed by atoms with van der Waals surface area (Å²) in [6.07, 6.45) is 4.44. The number of rotatable bonds is 4. The van der Waals surface area contributed by atoms with Crippen molar-refractivity contribution in [1.29, 1.82) is 0 Å². The molecule has 2 aromatic heterocycles. The average Bonchev–Trinajstić information content (AvgIpc) is 3.45. The van der Waals surface area contributed by atoms with E-state index in [1.165, 1.54) is 6.07 Å². The molecule has 1 aliphatic heterocycles. The van der Waals surface area contributed by atoms with Crippen LogP contribution in [0.15, 0.2) is 78.0 Å². The van der Waals surface area contributed by atoms with Crippen LogP contribution in [0.5, 0.6) is 0 Å². The number of nitrogens with zero attached hydrogens (tertiary/aromatic N) is 2. The van der Waals surface area contributed by atoms with Crippen LogP contribution in [0.4, 0.5) is 0 Å². The average molecular weight is 462 g/mol. The summed E-state index contributed by atoms with van der Waals surface area (Å²) in [5.74, 6) is -0.200. The SMILES string of the molecule is CS(=O)(=O)c1cccc([C@H]2CC(O)CN2C(=O)c2ccc(-c3ccnc4[nH]ccc34)cc2)c1. The summed E-state index contributed by atoms with van der Waals surface area (Å²) in [5.41, 5.74) is 4.00. The molecule has 3 heterocycles. The van der Waals surface area contributed by atoms with Crippen LogP contribution in [-0.4, -0.2) is 53.2 Å². The zero-order valence-electron chi connectivity index (χ0n) is 18.0. The number of aliphatic hydroxyl groups excluding tert-OH is 1. The van der Waals surface area contributed by atoms with Gasteiger partial charge in [0, 0.05) is 36.1 Å². The molecule has 1 saturated heterocycles. The number of nitrogens with one attached hydrogen (secondary N) is 1. The first-order valence-corrected chi connectivity index (χ1v) is 12.5. The highest BCUT2D eigenvalue weighted by Gasteiger charge is 2.36. The van der Waals surface area contributed by atoms with Crippen LogP contribution in [0.2, 0.25) is 0 Å². The summed E-state index contributed by atoms with van der Waals surface area (Å²) in [7, 11) is -3.37. The molecule has 2 aromatic carbocycles. The zero-order chi connectivity index (χ0) is 23.2. The van der Waals surface area contributed by atoms with E-state index in [0.717, 1.165) is 28.4 Å². The maximum absolute atomic E-state index is 13.4. The highest BCUT2D eigenvalue weighted by molar-refractivity contribution is 7.90. The lowest BCUT2D eigenvalue weighted by molar-refractivity contribution is 0.0715. The van der Waals surface area contributed by atoms with Crippen molar-refractivity contribution in [3.05, 3.63) is 84.2 Å². The molecule has 0 bridgehead atoms. The minimum absolute atomic E-state index is 0.197. The van der Waals surface area contributed by atoms with Crippen LogP contribution in [0.1, 0.15) is 28.4 Å². The molecule has 1 fully saturated rings. The third kappa shape index (κ3) is 4.03. The van der Waals surface area contributed by atoms with E-state index in [0.29, 0.717) is 17.5 Å². The van der Waals surface area contributed by atoms with Gasteiger partial charge in [-0.25, -0.2) is 13.4 Å². The molecule has 2 atom stereocenters. The van der Waals surface area contributed by atoms with Crippen molar-refractivity contribution in [2.75, 3.05) is 12.8 Å². The Morgan fingerprint density at radius 2 is 1.91 bits per heavy atom. The van der Waals surface area contributed by atoms with Gasteiger partial charge in [-0.15, -0.1) is 0 Å². The number of amides is 1. The summed E-state index contributed by atoms with van der Waals surface area (Å²) in [6.45, 7) is 0.197. The third-order valence-electron chi connectivity index (χ3n) is 6.11. The van der Waals surface area contributed by atoms with E-state index in [4.69, 9.17) is 0 Å². The van der Waals surface area contributed by atoms with Gasteiger partial charge in [0.1, 0.15) is 5.65 Å². The molecule has 4 aromatic rings. The minimum Gasteiger partial charge on any atom is -0.391 e. The van der Waals surface area contributed by atoms with Gasteiger partial charge in [-0.05, 0) is 59.5 Å². The van der Waals surface area contributed by atoms with Crippen molar-refractivity contribution in [1.82, 2.24) is 14.9 Å². The lowest BCUT2D eigenvalue weighted by Crippen LogP contribution is -2.31. The lowest BCUT2D eigenvalue weighted by Gasteiger charge is -2.25. The van der Waals surface area contributed by atoms with Crippen LogP contribution in [0.25, 0.3) is 22.2 Å². The number of aromatic amines is 1. The quantitative estimate of drug-likeness (QED) is 0.484. The number of hydrogen-bond acceptors (Lipinski definition) is 5. The van der Waals surface area contributed by atoms with Gasteiger partial charge in [0.25, 0.3) is 5.91 Å². The van der Waals surface area contributed by atoms with Crippen LogP contribution in [0.3, 0.4) is 0 Å². The molecule has 0 saturated carbocycles. The first kappa shape index (κ1) is 21.4. The largest absolute Gasteiger partial charge is 0.391 e. The molecule has 0 aliphatic carbocycles. The molecule has 33 heavy (non-hydrogen) atoms. The van der Waals surface area contributed by atoms with Gasteiger partial charge in [-0.3, -0.25) is 4.79 Å². The summed E-state index contributed by atoms with van der Waals surface area (Å²) < 4.78 is 24.0. The van der Waals surface area contributed by atoms with Gasteiger partial charge >= 0.3 is 0 Å². The number of likely N-dealkylation sites (tertiary alicyclic amines) is 1. The van der Waals surface area contributed by atoms with Crippen LogP contribution in [-0.2, 0) is 9.84 Å². The standard InChI is InChI=1S/C25H23N3O4S/c1-33(31,32)20-4-2-3-18(13-20)23-14-19(29)15-28(23)25(30)17-7-5-16(6-8-17)21-9-11-26-24-22(21)10-12-27-24/h2-13,19,23,29H,14-15H2,1H3,(H,26,27)/t19?,23-/m1/s1. The second-order valence-electron chi connectivity index (χ2n) is 8.38. The number of H-pyrrole nitrogens is 1. The number of sulfone groups is 1. The monoisotopic (exact) mass is 461 g/mol. The summed E-state index contributed by atoms with van der Waals surface area (Å²) >= 11 is 0. The number of carbonyl (C=O) groups is 1. The smallest absolute Gasteiger partial charge is 0.254 e. The van der Waals surface area contributed by atoms with Gasteiger partial charge in [0.2, 0.25) is 0 Å². The fourth-order valence-electron chi connectivity index (χ4n) is 4.48. The third-order valence-corrected chi connectivity index (χ3v) is 7.22. The maximum Gasteiger partial charge on any atom is 0.254 e. The Labute approximate surface area is 191 Å². The van der Waals surface area contributed by atoms with E-state index >= 15 is 0 Å². The van der Waals surface area contributed by atoms with Crippen molar-refractivity contribution >= 4 is 26.8 Å². The fourth-order valence-corrected chi connectivity index (χ4v) is 5.15. The second-order valence-corrected chi connectivity index (χ2v) is 10.4. The van der Waals surface area contributed by atoms with E-state index in [2.05, 4.69) is 9.97 Å². The van der Waals surface area contributed by atoms with E-state index < -0.39 is 22.0 Å². The number of pyridine rings is 1. The fraction of sp³-hybridized carbons (Fsp3) is 0.200. The Bertz CT molecular complexity index is 1440. The molecule has 2 N–H and O–H groups in total. The van der Waals surface area contributed by atoms with Crippen LogP contribution in [0, 0.1) is 0 Å². The van der Waals surface area contributed by atoms with E-state index in [1.54, 1.807) is 41.4 Å². The first-order valence-electron chi connectivity index (χ1n) is 10.6. The number of hydrogen-bond donors (Lipinski definition) is 2. The van der Waals surface area contributed by atoms with Gasteiger partial charge in [-0.1, -0.05) is 24.3 Å². The van der Waals surface area contributed by atoms with Crippen molar-refractivity contribution in [2.45, 2.75) is 23.5 Å². The maximum atomic E-state index is 13.4. The molecule has 168 valence electrons. The van der Waals surface area contributed by atoms with Crippen molar-refractivity contribution in [3.8, 4) is 11.1 Å². The van der Waals surface area contributed by atoms with Gasteiger partial charge in [0.05, 0.1) is 17.0 Å². The first-order chi connectivity index (χ1) is 15.8. The molecule has 1 unspecified atom stereocenters. The van der Waals surface area contributed by atoms with E-state index in [1.807, 2.05) is 30.5 Å². The molecule has 7 nitrogen and oxygen atoms in total. The Morgan fingerprint density at radius 1 is 1.12 bits per heavy atom. The molecule has 5 rings (SSSR count). The van der Waals surface area contributed by atoms with Crippen molar-refractivity contribution < 1.29 is 18.3 Å². The summed E-state index contributed by atoms with van der Waals surface area (Å²) in [6, 6.07) is 17.5. The molecule has 0 radical (unpaired) electrons. The number of aromatic nitrogens is 2. The summed E-state index contributed by atoms with van der Waals surface area (Å²) in [5, 5.41) is 11.3. The van der Waals surface area contributed by atoms with E-state index in [9.17, 15) is 18.3 Å². The number of aliphatic hydroxyl groups is 1. The number of fused-ring (bicyclic) bond motifs is 1. The van der Waals surface area contributed by atoms with Gasteiger partial charge in [0.15, 0.2) is 9.84 Å². The second kappa shape index (κ2) is 8.13. The number of benzene rings is 2. The van der Waals surface area contributed by atoms with Crippen LogP contribution < -0.4 is 0 Å². The molecule has 8 heteroatoms. The molecular weight excluding hydrogens is 438 g/mol. The zero-order valence-corrected chi connectivity index (χ0v) is 18.8.